The lowest BCUT2D eigenvalue weighted by atomic mass is 10.2. The van der Waals surface area contributed by atoms with Crippen molar-refractivity contribution in [1.82, 2.24) is 14.3 Å². The van der Waals surface area contributed by atoms with E-state index < -0.39 is 4.92 Å². The summed E-state index contributed by atoms with van der Waals surface area (Å²) in [5.41, 5.74) is 2.62. The van der Waals surface area contributed by atoms with E-state index in [4.69, 9.17) is 0 Å². The van der Waals surface area contributed by atoms with Crippen LogP contribution in [0.1, 0.15) is 19.0 Å². The van der Waals surface area contributed by atoms with Gasteiger partial charge in [-0.15, -0.1) is 12.4 Å². The fraction of sp³-hybridized carbons (Fsp3) is 0.375. The maximum atomic E-state index is 13.2. The number of piperazine rings is 1. The lowest BCUT2D eigenvalue weighted by molar-refractivity contribution is -0.384. The number of aryl methyl sites for hydroxylation is 1. The lowest BCUT2D eigenvalue weighted by Crippen LogP contribution is -2.46. The van der Waals surface area contributed by atoms with Gasteiger partial charge in [-0.25, -0.2) is 9.07 Å². The average molecular weight is 490 g/mol. The normalized spacial score (nSPS) is 14.1. The Morgan fingerprint density at radius 1 is 0.941 bits per heavy atom. The summed E-state index contributed by atoms with van der Waals surface area (Å²) in [5, 5.41) is 11.0. The zero-order valence-corrected chi connectivity index (χ0v) is 19.9. The highest BCUT2D eigenvalue weighted by atomic mass is 35.5. The smallest absolute Gasteiger partial charge is 0.269 e. The highest BCUT2D eigenvalue weighted by Gasteiger charge is 2.18. The van der Waals surface area contributed by atoms with E-state index in [0.717, 1.165) is 56.2 Å². The van der Waals surface area contributed by atoms with Gasteiger partial charge in [0.15, 0.2) is 0 Å². The molecule has 0 unspecified atom stereocenters. The fourth-order valence-electron chi connectivity index (χ4n) is 4.34. The Kier molecular flexibility index (Phi) is 8.46. The second kappa shape index (κ2) is 11.3. The van der Waals surface area contributed by atoms with Gasteiger partial charge in [-0.05, 0) is 49.2 Å². The molecule has 0 N–H and O–H groups in total. The van der Waals surface area contributed by atoms with Crippen LogP contribution in [0.15, 0.2) is 59.4 Å². The van der Waals surface area contributed by atoms with Crippen LogP contribution in [0.2, 0.25) is 0 Å². The molecule has 1 aliphatic heterocycles. The molecule has 10 heteroatoms. The summed E-state index contributed by atoms with van der Waals surface area (Å²) in [6, 6.07) is 14.5. The number of aromatic nitrogens is 2. The van der Waals surface area contributed by atoms with Gasteiger partial charge in [-0.2, -0.15) is 0 Å². The molecular weight excluding hydrogens is 461 g/mol. The van der Waals surface area contributed by atoms with Crippen molar-refractivity contribution in [2.24, 2.45) is 0 Å². The molecular formula is C24H29ClFN5O3. The summed E-state index contributed by atoms with van der Waals surface area (Å²) >= 11 is 0. The van der Waals surface area contributed by atoms with Crippen molar-refractivity contribution in [2.45, 2.75) is 26.3 Å². The van der Waals surface area contributed by atoms with E-state index in [1.165, 1.54) is 24.3 Å². The molecule has 1 aliphatic rings. The van der Waals surface area contributed by atoms with Crippen molar-refractivity contribution in [3.8, 4) is 5.69 Å². The van der Waals surface area contributed by atoms with Gasteiger partial charge in [0.25, 0.3) is 11.2 Å². The highest BCUT2D eigenvalue weighted by Crippen LogP contribution is 2.19. The van der Waals surface area contributed by atoms with E-state index in [1.54, 1.807) is 22.9 Å². The van der Waals surface area contributed by atoms with E-state index >= 15 is 0 Å². The summed E-state index contributed by atoms with van der Waals surface area (Å²) in [4.78, 5) is 27.8. The van der Waals surface area contributed by atoms with E-state index in [9.17, 15) is 19.3 Å². The van der Waals surface area contributed by atoms with Crippen LogP contribution in [0.3, 0.4) is 0 Å². The molecule has 2 heterocycles. The number of nitro benzene ring substituents is 1. The minimum atomic E-state index is -0.428. The molecule has 1 saturated heterocycles. The molecule has 0 atom stereocenters. The number of non-ortho nitro benzene ring substituents is 1. The van der Waals surface area contributed by atoms with Crippen LogP contribution in [0.4, 0.5) is 15.8 Å². The van der Waals surface area contributed by atoms with Gasteiger partial charge in [0.1, 0.15) is 5.82 Å². The maximum absolute atomic E-state index is 13.2. The molecule has 3 aromatic rings. The Bertz CT molecular complexity index is 1150. The number of benzene rings is 2. The predicted octanol–water partition coefficient (Wildman–Crippen LogP) is 3.88. The van der Waals surface area contributed by atoms with Crippen molar-refractivity contribution in [3.05, 3.63) is 86.6 Å². The van der Waals surface area contributed by atoms with Crippen molar-refractivity contribution >= 4 is 23.8 Å². The van der Waals surface area contributed by atoms with E-state index in [1.807, 2.05) is 23.7 Å². The van der Waals surface area contributed by atoms with Gasteiger partial charge in [0, 0.05) is 68.8 Å². The molecule has 4 rings (SSSR count). The quantitative estimate of drug-likeness (QED) is 0.354. The lowest BCUT2D eigenvalue weighted by Gasteiger charge is -2.36. The van der Waals surface area contributed by atoms with Crippen LogP contribution in [0, 0.1) is 15.9 Å². The maximum Gasteiger partial charge on any atom is 0.269 e. The molecule has 0 spiro atoms. The Hall–Kier alpha value is -3.17. The summed E-state index contributed by atoms with van der Waals surface area (Å²) < 4.78 is 16.7. The molecule has 2 aromatic carbocycles. The van der Waals surface area contributed by atoms with E-state index in [0.29, 0.717) is 13.0 Å². The number of anilines is 1. The number of halogens is 2. The van der Waals surface area contributed by atoms with Gasteiger partial charge >= 0.3 is 0 Å². The van der Waals surface area contributed by atoms with Crippen LogP contribution in [0.25, 0.3) is 5.69 Å². The average Bonchev–Trinajstić information content (AvgIpc) is 3.15. The minimum Gasteiger partial charge on any atom is -0.369 e. The first kappa shape index (κ1) is 25.5. The minimum absolute atomic E-state index is 0. The molecule has 0 bridgehead atoms. The van der Waals surface area contributed by atoms with Crippen molar-refractivity contribution in [3.63, 3.8) is 0 Å². The summed E-state index contributed by atoms with van der Waals surface area (Å²) in [6.45, 7) is 7.01. The van der Waals surface area contributed by atoms with Crippen LogP contribution < -0.4 is 10.5 Å². The van der Waals surface area contributed by atoms with Gasteiger partial charge in [0.05, 0.1) is 10.6 Å². The van der Waals surface area contributed by atoms with Crippen LogP contribution in [0.5, 0.6) is 0 Å². The number of rotatable bonds is 8. The zero-order chi connectivity index (χ0) is 23.4. The van der Waals surface area contributed by atoms with Crippen molar-refractivity contribution in [1.29, 1.82) is 0 Å². The summed E-state index contributed by atoms with van der Waals surface area (Å²) in [6.07, 6.45) is 1.50. The number of hydrogen-bond acceptors (Lipinski definition) is 5. The molecule has 182 valence electrons. The first-order valence-electron chi connectivity index (χ1n) is 11.3. The van der Waals surface area contributed by atoms with Crippen LogP contribution in [-0.2, 0) is 13.0 Å². The summed E-state index contributed by atoms with van der Waals surface area (Å²) in [5.74, 6) is -0.225. The first-order chi connectivity index (χ1) is 16.0. The number of hydrogen-bond donors (Lipinski definition) is 0. The third-order valence-corrected chi connectivity index (χ3v) is 6.13. The van der Waals surface area contributed by atoms with Crippen molar-refractivity contribution < 1.29 is 9.31 Å². The number of nitro groups is 1. The first-order valence-corrected chi connectivity index (χ1v) is 11.3. The molecule has 0 saturated carbocycles. The van der Waals surface area contributed by atoms with Crippen LogP contribution >= 0.6 is 12.4 Å². The third-order valence-electron chi connectivity index (χ3n) is 6.13. The molecule has 0 amide bonds. The molecule has 8 nitrogen and oxygen atoms in total. The third kappa shape index (κ3) is 5.66. The largest absolute Gasteiger partial charge is 0.369 e. The Morgan fingerprint density at radius 3 is 2.15 bits per heavy atom. The fourth-order valence-corrected chi connectivity index (χ4v) is 4.34. The molecule has 0 radical (unpaired) electrons. The number of nitrogens with zero attached hydrogens (tertiary/aromatic N) is 5. The standard InChI is InChI=1S/C24H28FN5O3.ClH/c1-2-20-18-24(31)28(29(20)22-8-10-23(11-9-22)30(32)33)13-3-12-26-14-16-27(17-15-26)21-6-4-19(25)5-7-21;/h4-11,18H,2-3,12-17H2,1H3;1H. The molecule has 1 aromatic heterocycles. The molecule has 34 heavy (non-hydrogen) atoms. The second-order valence-corrected chi connectivity index (χ2v) is 8.19. The van der Waals surface area contributed by atoms with Gasteiger partial charge in [-0.1, -0.05) is 6.92 Å². The highest BCUT2D eigenvalue weighted by molar-refractivity contribution is 5.85. The second-order valence-electron chi connectivity index (χ2n) is 8.19. The monoisotopic (exact) mass is 489 g/mol. The molecule has 1 fully saturated rings. The van der Waals surface area contributed by atoms with Gasteiger partial charge in [-0.3, -0.25) is 24.5 Å². The van der Waals surface area contributed by atoms with Gasteiger partial charge in [0.2, 0.25) is 0 Å². The van der Waals surface area contributed by atoms with E-state index in [-0.39, 0.29) is 29.5 Å². The van der Waals surface area contributed by atoms with Crippen LogP contribution in [-0.4, -0.2) is 51.9 Å². The topological polar surface area (TPSA) is 76.5 Å². The Balaban J connectivity index is 0.00000324. The Morgan fingerprint density at radius 2 is 1.56 bits per heavy atom. The zero-order valence-electron chi connectivity index (χ0n) is 19.1. The predicted molar refractivity (Wildman–Crippen MR) is 133 cm³/mol. The van der Waals surface area contributed by atoms with E-state index in [2.05, 4.69) is 9.80 Å². The summed E-state index contributed by atoms with van der Waals surface area (Å²) in [7, 11) is 0. The Labute approximate surface area is 203 Å². The molecule has 0 aliphatic carbocycles. The SMILES string of the molecule is CCc1cc(=O)n(CCCN2CCN(c3ccc(F)cc3)CC2)n1-c1ccc([N+](=O)[O-])cc1.Cl. The van der Waals surface area contributed by atoms with Crippen molar-refractivity contribution in [2.75, 3.05) is 37.6 Å². The van der Waals surface area contributed by atoms with Gasteiger partial charge < -0.3 is 4.90 Å².